The molecule has 0 fully saturated rings. The highest BCUT2D eigenvalue weighted by Gasteiger charge is 1.79. The normalized spacial score (nSPS) is 8.00. The zero-order chi connectivity index (χ0) is 7.54. The van der Waals surface area contributed by atoms with E-state index in [4.69, 9.17) is 5.21 Å². The molecule has 2 N–H and O–H groups in total. The second-order valence-electron chi connectivity index (χ2n) is 1.62. The van der Waals surface area contributed by atoms with Crippen molar-refractivity contribution in [1.29, 1.82) is 0 Å². The van der Waals surface area contributed by atoms with Crippen LogP contribution in [0.2, 0.25) is 0 Å². The Morgan fingerprint density at radius 1 is 1.33 bits per heavy atom. The van der Waals surface area contributed by atoms with Crippen LogP contribution in [0, 0.1) is 0 Å². The highest BCUT2D eigenvalue weighted by Crippen LogP contribution is 1.89. The van der Waals surface area contributed by atoms with Crippen LogP contribution in [0.5, 0.6) is 0 Å². The van der Waals surface area contributed by atoms with Gasteiger partial charge in [-0.2, -0.15) is 0 Å². The van der Waals surface area contributed by atoms with Gasteiger partial charge in [0.15, 0.2) is 0 Å². The molecule has 9 heavy (non-hydrogen) atoms. The Labute approximate surface area is 59.7 Å². The van der Waals surface area contributed by atoms with Gasteiger partial charge in [-0.3, -0.25) is 0 Å². The van der Waals surface area contributed by atoms with E-state index in [1.807, 2.05) is 13.8 Å². The number of hydroxylamine groups is 1. The summed E-state index contributed by atoms with van der Waals surface area (Å²) >= 11 is 0. The van der Waals surface area contributed by atoms with Crippen LogP contribution in [-0.2, 0) is 0 Å². The van der Waals surface area contributed by atoms with Crippen molar-refractivity contribution in [2.75, 3.05) is 6.54 Å². The topological polar surface area (TPSA) is 32.3 Å². The molecule has 0 saturated carbocycles. The minimum atomic E-state index is 0. The minimum Gasteiger partial charge on any atom is -0.317 e. The summed E-state index contributed by atoms with van der Waals surface area (Å²) in [6.07, 6.45) is 3.49. The molecule has 0 amide bonds. The van der Waals surface area contributed by atoms with E-state index < -0.39 is 0 Å². The van der Waals surface area contributed by atoms with Crippen molar-refractivity contribution in [2.45, 2.75) is 40.0 Å². The molecule has 0 radical (unpaired) electrons. The van der Waals surface area contributed by atoms with Gasteiger partial charge in [0.1, 0.15) is 0 Å². The molecular weight excluding hydrogens is 114 g/mol. The number of unbranched alkanes of at least 4 members (excludes halogenated alkanes) is 2. The maximum absolute atomic E-state index is 8.04. The monoisotopic (exact) mass is 135 g/mol. The lowest BCUT2D eigenvalue weighted by molar-refractivity contribution is 0.165. The smallest absolute Gasteiger partial charge is 0.0207 e. The van der Waals surface area contributed by atoms with Crippen molar-refractivity contribution in [2.24, 2.45) is 0 Å². The summed E-state index contributed by atoms with van der Waals surface area (Å²) in [5, 5.41) is 8.04. The molecule has 0 aliphatic heterocycles. The number of hydrogen-bond acceptors (Lipinski definition) is 2. The molecule has 0 aromatic carbocycles. The molecule has 0 unspecified atom stereocenters. The van der Waals surface area contributed by atoms with Crippen molar-refractivity contribution in [3.8, 4) is 0 Å². The first-order valence-electron chi connectivity index (χ1n) is 3.78. The largest absolute Gasteiger partial charge is 0.317 e. The highest BCUT2D eigenvalue weighted by molar-refractivity contribution is 4.36. The molecule has 0 spiro atoms. The predicted octanol–water partition coefficient (Wildman–Crippen LogP) is 2.43. The van der Waals surface area contributed by atoms with Gasteiger partial charge in [-0.05, 0) is 6.42 Å². The molecule has 0 aromatic heterocycles. The van der Waals surface area contributed by atoms with Gasteiger partial charge in [-0.15, -0.1) is 0 Å². The van der Waals surface area contributed by atoms with Crippen molar-refractivity contribution >= 4 is 0 Å². The molecule has 0 heterocycles. The minimum absolute atomic E-state index is 0. The van der Waals surface area contributed by atoms with Crippen LogP contribution in [0.4, 0.5) is 0 Å². The molecule has 0 atom stereocenters. The fourth-order valence-electron chi connectivity index (χ4n) is 0.454. The Morgan fingerprint density at radius 2 is 1.89 bits per heavy atom. The van der Waals surface area contributed by atoms with Crippen molar-refractivity contribution in [1.82, 2.24) is 5.48 Å². The molecule has 0 aliphatic rings. The van der Waals surface area contributed by atoms with Crippen LogP contribution < -0.4 is 5.48 Å². The van der Waals surface area contributed by atoms with E-state index in [0.29, 0.717) is 0 Å². The van der Waals surface area contributed by atoms with Crippen LogP contribution >= 0.6 is 0 Å². The molecule has 2 nitrogen and oxygen atoms in total. The summed E-state index contributed by atoms with van der Waals surface area (Å²) in [6.45, 7) is 6.87. The molecule has 2 heteroatoms. The van der Waals surface area contributed by atoms with E-state index in [9.17, 15) is 0 Å². The Balaban J connectivity index is -0.000000149. The molecule has 0 bridgehead atoms. The molecule has 0 saturated heterocycles. The predicted molar refractivity (Wildman–Crippen MR) is 42.8 cm³/mol. The third-order valence-electron chi connectivity index (χ3n) is 0.892. The van der Waals surface area contributed by atoms with Crippen LogP contribution in [0.15, 0.2) is 0 Å². The average Bonchev–Trinajstić information content (AvgIpc) is 1.94. The summed E-state index contributed by atoms with van der Waals surface area (Å²) < 4.78 is 0. The number of hydrogen-bond donors (Lipinski definition) is 2. The second-order valence-corrected chi connectivity index (χ2v) is 1.62. The second kappa shape index (κ2) is 15.7. The summed E-state index contributed by atoms with van der Waals surface area (Å²) in [5.41, 5.74) is 2.10. The SMILES string of the molecule is CC.CCCCCNO.[HH]. The summed E-state index contributed by atoms with van der Waals surface area (Å²) in [7, 11) is 0. The van der Waals surface area contributed by atoms with Gasteiger partial charge in [0.2, 0.25) is 0 Å². The lowest BCUT2D eigenvalue weighted by Gasteiger charge is -1.92. The molecule has 0 aliphatic carbocycles. The fraction of sp³-hybridized carbons (Fsp3) is 1.00. The van der Waals surface area contributed by atoms with Gasteiger partial charge in [0.25, 0.3) is 0 Å². The zero-order valence-corrected chi connectivity index (χ0v) is 6.78. The van der Waals surface area contributed by atoms with Crippen LogP contribution in [0.3, 0.4) is 0 Å². The van der Waals surface area contributed by atoms with E-state index in [1.54, 1.807) is 0 Å². The maximum atomic E-state index is 8.04. The molecule has 60 valence electrons. The maximum Gasteiger partial charge on any atom is 0.0207 e. The van der Waals surface area contributed by atoms with Crippen molar-refractivity contribution in [3.05, 3.63) is 0 Å². The Bertz CT molecular complexity index is 32.8. The third-order valence-corrected chi connectivity index (χ3v) is 0.892. The van der Waals surface area contributed by atoms with E-state index in [0.717, 1.165) is 13.0 Å². The molecular formula is C7H21NO. The Hall–Kier alpha value is -0.0800. The van der Waals surface area contributed by atoms with Gasteiger partial charge in [0.05, 0.1) is 0 Å². The third kappa shape index (κ3) is 18.1. The quantitative estimate of drug-likeness (QED) is 0.458. The van der Waals surface area contributed by atoms with E-state index in [-0.39, 0.29) is 1.43 Å². The summed E-state index contributed by atoms with van der Waals surface area (Å²) in [6, 6.07) is 0. The Morgan fingerprint density at radius 3 is 2.22 bits per heavy atom. The lowest BCUT2D eigenvalue weighted by atomic mass is 10.3. The van der Waals surface area contributed by atoms with E-state index >= 15 is 0 Å². The summed E-state index contributed by atoms with van der Waals surface area (Å²) in [4.78, 5) is 0. The van der Waals surface area contributed by atoms with Gasteiger partial charge in [-0.1, -0.05) is 33.6 Å². The lowest BCUT2D eigenvalue weighted by Crippen LogP contribution is -2.07. The molecule has 0 rings (SSSR count). The van der Waals surface area contributed by atoms with E-state index in [1.165, 1.54) is 12.8 Å². The Kier molecular flexibility index (Phi) is 20.3. The number of nitrogens with one attached hydrogen (secondary N) is 1. The first-order chi connectivity index (χ1) is 4.41. The molecule has 0 aromatic rings. The first-order valence-corrected chi connectivity index (χ1v) is 3.78. The van der Waals surface area contributed by atoms with Gasteiger partial charge in [-0.25, -0.2) is 5.48 Å². The number of rotatable bonds is 4. The highest BCUT2D eigenvalue weighted by atomic mass is 16.5. The van der Waals surface area contributed by atoms with Crippen LogP contribution in [0.25, 0.3) is 0 Å². The van der Waals surface area contributed by atoms with Gasteiger partial charge in [0, 0.05) is 7.97 Å². The fourth-order valence-corrected chi connectivity index (χ4v) is 0.454. The average molecular weight is 135 g/mol. The standard InChI is InChI=1S/C5H13NO.C2H6.H2/c1-2-3-4-5-6-7;1-2;/h6-7H,2-5H2,1H3;1-2H3;1H. The summed E-state index contributed by atoms with van der Waals surface area (Å²) in [5.74, 6) is 0. The van der Waals surface area contributed by atoms with E-state index in [2.05, 4.69) is 12.4 Å². The van der Waals surface area contributed by atoms with Crippen molar-refractivity contribution in [3.63, 3.8) is 0 Å². The van der Waals surface area contributed by atoms with Gasteiger partial charge >= 0.3 is 0 Å². The van der Waals surface area contributed by atoms with Crippen molar-refractivity contribution < 1.29 is 6.63 Å². The van der Waals surface area contributed by atoms with Crippen LogP contribution in [0.1, 0.15) is 41.5 Å². The zero-order valence-electron chi connectivity index (χ0n) is 6.78. The van der Waals surface area contributed by atoms with Gasteiger partial charge < -0.3 is 5.21 Å². The first kappa shape index (κ1) is 11.7. The van der Waals surface area contributed by atoms with Crippen LogP contribution in [-0.4, -0.2) is 11.8 Å².